The average molecular weight is 216 g/mol. The molecule has 1 saturated carbocycles. The quantitative estimate of drug-likeness (QED) is 0.522. The maximum absolute atomic E-state index is 10.9. The van der Waals surface area contributed by atoms with Crippen molar-refractivity contribution in [2.24, 2.45) is 5.41 Å². The van der Waals surface area contributed by atoms with Gasteiger partial charge in [-0.15, -0.1) is 23.2 Å². The number of carbonyl (C=O) groups excluding carboxylic acids is 1. The first-order valence-electron chi connectivity index (χ1n) is 3.54. The second-order valence-electron chi connectivity index (χ2n) is 2.99. The van der Waals surface area contributed by atoms with Crippen LogP contribution in [0.2, 0.25) is 0 Å². The summed E-state index contributed by atoms with van der Waals surface area (Å²) in [6, 6.07) is 0. The van der Waals surface area contributed by atoms with Gasteiger partial charge < -0.3 is 0 Å². The van der Waals surface area contributed by atoms with Gasteiger partial charge in [0.1, 0.15) is 4.33 Å². The zero-order chi connectivity index (χ0) is 8.70. The maximum atomic E-state index is 10.9. The molecule has 0 amide bonds. The molecule has 64 valence electrons. The van der Waals surface area contributed by atoms with Gasteiger partial charge in [0.15, 0.2) is 0 Å². The lowest BCUT2D eigenvalue weighted by Gasteiger charge is -2.10. The van der Waals surface area contributed by atoms with Crippen molar-refractivity contribution in [1.82, 2.24) is 0 Å². The lowest BCUT2D eigenvalue weighted by atomic mass is 10.0. The number of hydrogen-bond acceptors (Lipinski definition) is 1. The highest BCUT2D eigenvalue weighted by atomic mass is 35.5. The topological polar surface area (TPSA) is 17.1 Å². The van der Waals surface area contributed by atoms with E-state index < -0.39 is 15.0 Å². The van der Waals surface area contributed by atoms with E-state index >= 15 is 0 Å². The molecule has 0 bridgehead atoms. The Bertz CT molecular complexity index is 190. The van der Waals surface area contributed by atoms with E-state index in [1.54, 1.807) is 0 Å². The van der Waals surface area contributed by atoms with E-state index in [0.29, 0.717) is 12.8 Å². The minimum atomic E-state index is -0.901. The fourth-order valence-corrected chi connectivity index (χ4v) is 2.58. The predicted molar refractivity (Wildman–Crippen MR) is 47.3 cm³/mol. The molecule has 0 aliphatic heterocycles. The van der Waals surface area contributed by atoms with Gasteiger partial charge in [0.25, 0.3) is 0 Å². The van der Waals surface area contributed by atoms with Crippen LogP contribution < -0.4 is 0 Å². The fourth-order valence-electron chi connectivity index (χ4n) is 1.34. The van der Waals surface area contributed by atoms with E-state index in [4.69, 9.17) is 34.8 Å². The van der Waals surface area contributed by atoms with E-state index in [1.807, 2.05) is 6.92 Å². The van der Waals surface area contributed by atoms with Gasteiger partial charge in [-0.1, -0.05) is 13.3 Å². The predicted octanol–water partition coefficient (Wildman–Crippen LogP) is 3.12. The van der Waals surface area contributed by atoms with Crippen LogP contribution in [0.1, 0.15) is 26.2 Å². The van der Waals surface area contributed by atoms with Gasteiger partial charge in [-0.3, -0.25) is 4.79 Å². The molecular weight excluding hydrogens is 206 g/mol. The van der Waals surface area contributed by atoms with Crippen LogP contribution >= 0.6 is 34.8 Å². The number of carbonyl (C=O) groups is 1. The van der Waals surface area contributed by atoms with Crippen LogP contribution in [0.25, 0.3) is 0 Å². The van der Waals surface area contributed by atoms with Gasteiger partial charge in [0.2, 0.25) is 5.24 Å². The van der Waals surface area contributed by atoms with Crippen molar-refractivity contribution in [2.75, 3.05) is 0 Å². The molecule has 0 unspecified atom stereocenters. The Hall–Kier alpha value is 0.540. The summed E-state index contributed by atoms with van der Waals surface area (Å²) in [5, 5.41) is -0.399. The molecule has 1 fully saturated rings. The Kier molecular flexibility index (Phi) is 2.44. The molecular formula is C7H9Cl3O. The molecule has 0 radical (unpaired) electrons. The van der Waals surface area contributed by atoms with Crippen LogP contribution in [0.15, 0.2) is 0 Å². The van der Waals surface area contributed by atoms with Crippen molar-refractivity contribution in [3.8, 4) is 0 Å². The highest BCUT2D eigenvalue weighted by molar-refractivity contribution is 6.68. The Morgan fingerprint density at radius 3 is 2.09 bits per heavy atom. The van der Waals surface area contributed by atoms with Gasteiger partial charge in [-0.25, -0.2) is 0 Å². The normalized spacial score (nSPS) is 33.5. The monoisotopic (exact) mass is 214 g/mol. The first-order chi connectivity index (χ1) is 4.96. The molecule has 0 N–H and O–H groups in total. The lowest BCUT2D eigenvalue weighted by Crippen LogP contribution is -2.16. The first kappa shape index (κ1) is 9.63. The highest BCUT2D eigenvalue weighted by Gasteiger charge is 2.69. The van der Waals surface area contributed by atoms with Gasteiger partial charge in [-0.2, -0.15) is 0 Å². The summed E-state index contributed by atoms with van der Waals surface area (Å²) < 4.78 is -0.901. The van der Waals surface area contributed by atoms with E-state index in [2.05, 4.69) is 0 Å². The summed E-state index contributed by atoms with van der Waals surface area (Å²) in [5.41, 5.74) is -0.646. The Morgan fingerprint density at radius 2 is 2.00 bits per heavy atom. The van der Waals surface area contributed by atoms with Crippen LogP contribution in [0.4, 0.5) is 0 Å². The van der Waals surface area contributed by atoms with Gasteiger partial charge in [0.05, 0.1) is 5.41 Å². The Balaban J connectivity index is 2.71. The molecule has 1 aliphatic rings. The zero-order valence-electron chi connectivity index (χ0n) is 6.16. The van der Waals surface area contributed by atoms with Crippen LogP contribution in [-0.4, -0.2) is 9.58 Å². The molecule has 1 atom stereocenters. The van der Waals surface area contributed by atoms with Crippen LogP contribution in [-0.2, 0) is 4.79 Å². The van der Waals surface area contributed by atoms with Crippen molar-refractivity contribution in [1.29, 1.82) is 0 Å². The zero-order valence-corrected chi connectivity index (χ0v) is 8.43. The first-order valence-corrected chi connectivity index (χ1v) is 4.67. The van der Waals surface area contributed by atoms with E-state index in [-0.39, 0.29) is 0 Å². The lowest BCUT2D eigenvalue weighted by molar-refractivity contribution is -0.116. The average Bonchev–Trinajstić information content (AvgIpc) is 2.36. The molecule has 0 heterocycles. The van der Waals surface area contributed by atoms with Crippen molar-refractivity contribution >= 4 is 40.0 Å². The maximum Gasteiger partial charge on any atom is 0.230 e. The van der Waals surface area contributed by atoms with Crippen molar-refractivity contribution < 1.29 is 4.79 Å². The van der Waals surface area contributed by atoms with Crippen molar-refractivity contribution in [2.45, 2.75) is 30.5 Å². The van der Waals surface area contributed by atoms with E-state index in [9.17, 15) is 4.79 Å². The molecule has 11 heavy (non-hydrogen) atoms. The number of hydrogen-bond donors (Lipinski definition) is 0. The molecule has 0 spiro atoms. The van der Waals surface area contributed by atoms with Crippen molar-refractivity contribution in [3.05, 3.63) is 0 Å². The summed E-state index contributed by atoms with van der Waals surface area (Å²) in [6.45, 7) is 1.98. The molecule has 1 nitrogen and oxygen atoms in total. The second-order valence-corrected chi connectivity index (χ2v) is 4.81. The summed E-state index contributed by atoms with van der Waals surface area (Å²) in [6.07, 6.45) is 2.06. The molecule has 0 aromatic carbocycles. The summed E-state index contributed by atoms with van der Waals surface area (Å²) in [4.78, 5) is 10.9. The largest absolute Gasteiger partial charge is 0.281 e. The Labute approximate surface area is 81.0 Å². The summed E-state index contributed by atoms with van der Waals surface area (Å²) >= 11 is 17.0. The number of halogens is 3. The third-order valence-electron chi connectivity index (χ3n) is 2.15. The van der Waals surface area contributed by atoms with Crippen LogP contribution in [0.3, 0.4) is 0 Å². The van der Waals surface area contributed by atoms with Crippen LogP contribution in [0, 0.1) is 5.41 Å². The minimum Gasteiger partial charge on any atom is -0.281 e. The standard InChI is InChI=1S/C7H9Cl3O/c1-2-3-6(5(8)11)4-7(6,9)10/h2-4H2,1H3/t6-/m0/s1. The van der Waals surface area contributed by atoms with Gasteiger partial charge >= 0.3 is 0 Å². The molecule has 0 aromatic heterocycles. The third kappa shape index (κ3) is 1.39. The van der Waals surface area contributed by atoms with E-state index in [1.165, 1.54) is 0 Å². The van der Waals surface area contributed by atoms with Gasteiger partial charge in [-0.05, 0) is 24.4 Å². The van der Waals surface area contributed by atoms with Gasteiger partial charge in [0, 0.05) is 0 Å². The summed E-state index contributed by atoms with van der Waals surface area (Å²) in [7, 11) is 0. The number of alkyl halides is 2. The third-order valence-corrected chi connectivity index (χ3v) is 3.50. The van der Waals surface area contributed by atoms with E-state index in [0.717, 1.165) is 6.42 Å². The molecule has 0 aromatic rings. The molecule has 4 heteroatoms. The second kappa shape index (κ2) is 2.79. The highest BCUT2D eigenvalue weighted by Crippen LogP contribution is 2.67. The molecule has 1 aliphatic carbocycles. The minimum absolute atomic E-state index is 0.399. The number of rotatable bonds is 3. The smallest absolute Gasteiger partial charge is 0.230 e. The molecule has 0 saturated heterocycles. The Morgan fingerprint density at radius 1 is 1.55 bits per heavy atom. The molecule has 1 rings (SSSR count). The fraction of sp³-hybridized carbons (Fsp3) is 0.857. The SMILES string of the molecule is CCC[C@@]1(C(=O)Cl)CC1(Cl)Cl. The van der Waals surface area contributed by atoms with Crippen LogP contribution in [0.5, 0.6) is 0 Å². The summed E-state index contributed by atoms with van der Waals surface area (Å²) in [5.74, 6) is 0. The van der Waals surface area contributed by atoms with Crippen molar-refractivity contribution in [3.63, 3.8) is 0 Å².